The monoisotopic (exact) mass is 570 g/mol. The molecule has 0 spiro atoms. The smallest absolute Gasteiger partial charge is 0.330 e. The Morgan fingerprint density at radius 3 is 2.42 bits per heavy atom. The van der Waals surface area contributed by atoms with Gasteiger partial charge in [0.2, 0.25) is 0 Å². The van der Waals surface area contributed by atoms with Crippen LogP contribution in [0, 0.1) is 6.92 Å². The Labute approximate surface area is 250 Å². The van der Waals surface area contributed by atoms with Crippen LogP contribution in [0.1, 0.15) is 30.9 Å². The number of likely N-dealkylation sites (tertiary alicyclic amines) is 1. The molecule has 0 atom stereocenters. The number of piperidine rings is 1. The zero-order valence-electron chi connectivity index (χ0n) is 24.3. The molecule has 0 saturated carbocycles. The summed E-state index contributed by atoms with van der Waals surface area (Å²) in [5, 5.41) is 16.2. The molecule has 0 unspecified atom stereocenters. The summed E-state index contributed by atoms with van der Waals surface area (Å²) in [4.78, 5) is 28.4. The number of rotatable bonds is 5. The maximum absolute atomic E-state index is 13.0. The third kappa shape index (κ3) is 5.55. The molecule has 3 aromatic heterocycles. The molecule has 1 aliphatic rings. The molecule has 1 amide bonds. The molecular formula is C35H34N6O2. The minimum atomic E-state index is -0.533. The molecule has 43 heavy (non-hydrogen) atoms. The number of carbonyl (C=O) groups is 1. The first-order chi connectivity index (χ1) is 20.8. The number of hydrogen-bond acceptors (Lipinski definition) is 5. The van der Waals surface area contributed by atoms with Gasteiger partial charge in [0.05, 0.1) is 5.60 Å². The van der Waals surface area contributed by atoms with Crippen LogP contribution in [-0.4, -0.2) is 54.2 Å². The lowest BCUT2D eigenvalue weighted by molar-refractivity contribution is -0.00730. The zero-order chi connectivity index (χ0) is 29.6. The van der Waals surface area contributed by atoms with Gasteiger partial charge < -0.3 is 15.4 Å². The summed E-state index contributed by atoms with van der Waals surface area (Å²) in [5.74, 6) is 0.594. The van der Waals surface area contributed by atoms with E-state index in [2.05, 4.69) is 50.5 Å². The maximum atomic E-state index is 13.0. The number of nitrogens with one attached hydrogen (secondary N) is 2. The predicted octanol–water partition coefficient (Wildman–Crippen LogP) is 6.98. The van der Waals surface area contributed by atoms with E-state index in [4.69, 9.17) is 4.98 Å². The fourth-order valence-electron chi connectivity index (χ4n) is 5.84. The average molecular weight is 571 g/mol. The number of H-pyrrole nitrogens is 1. The van der Waals surface area contributed by atoms with Crippen molar-refractivity contribution in [2.45, 2.75) is 38.8 Å². The van der Waals surface area contributed by atoms with Crippen LogP contribution >= 0.6 is 0 Å². The van der Waals surface area contributed by atoms with E-state index in [1.165, 1.54) is 5.56 Å². The number of aliphatic hydroxyl groups is 1. The highest BCUT2D eigenvalue weighted by molar-refractivity contribution is 5.96. The SMILES string of the molecule is Cc1c(NC(=O)n2cc3ccccc3c2)cccc1-c1ncc2cc(-c3ccc(CN4CCC(C)(O)CC4)cc3)[nH]c2n1. The van der Waals surface area contributed by atoms with E-state index in [0.717, 1.165) is 76.7 Å². The number of fused-ring (bicyclic) bond motifs is 2. The van der Waals surface area contributed by atoms with Crippen molar-refractivity contribution in [1.29, 1.82) is 0 Å². The standard InChI is InChI=1S/C35H34N6O2/c1-23-29(8-5-9-30(23)38-34(42)41-21-26-6-3-4-7-27(26)22-41)33-36-19-28-18-31(37-32(28)39-33)25-12-10-24(11-13-25)20-40-16-14-35(2,43)15-17-40/h3-13,18-19,21-22,43H,14-17,20H2,1-2H3,(H,38,42)(H,36,37,39). The second-order valence-electron chi connectivity index (χ2n) is 11.9. The van der Waals surface area contributed by atoms with Crippen molar-refractivity contribution in [3.8, 4) is 22.6 Å². The molecule has 216 valence electrons. The highest BCUT2D eigenvalue weighted by Crippen LogP contribution is 2.30. The van der Waals surface area contributed by atoms with E-state index in [0.29, 0.717) is 11.5 Å². The quantitative estimate of drug-likeness (QED) is 0.208. The minimum Gasteiger partial charge on any atom is -0.390 e. The van der Waals surface area contributed by atoms with Crippen molar-refractivity contribution in [3.63, 3.8) is 0 Å². The van der Waals surface area contributed by atoms with Gasteiger partial charge in [-0.15, -0.1) is 0 Å². The highest BCUT2D eigenvalue weighted by atomic mass is 16.3. The normalized spacial score (nSPS) is 15.2. The molecule has 3 aromatic carbocycles. The number of amides is 1. The lowest BCUT2D eigenvalue weighted by Crippen LogP contribution is -2.41. The summed E-state index contributed by atoms with van der Waals surface area (Å²) in [7, 11) is 0. The second kappa shape index (κ2) is 10.8. The Bertz CT molecular complexity index is 1910. The number of benzene rings is 3. The molecule has 1 fully saturated rings. The van der Waals surface area contributed by atoms with Gasteiger partial charge in [-0.3, -0.25) is 9.47 Å². The van der Waals surface area contributed by atoms with Crippen LogP contribution in [0.5, 0.6) is 0 Å². The van der Waals surface area contributed by atoms with Crippen molar-refractivity contribution in [2.24, 2.45) is 0 Å². The van der Waals surface area contributed by atoms with E-state index in [1.807, 2.05) is 74.9 Å². The number of anilines is 1. The Morgan fingerprint density at radius 1 is 0.977 bits per heavy atom. The molecule has 7 rings (SSSR count). The van der Waals surface area contributed by atoms with E-state index < -0.39 is 5.60 Å². The van der Waals surface area contributed by atoms with Gasteiger partial charge in [-0.1, -0.05) is 60.7 Å². The van der Waals surface area contributed by atoms with Gasteiger partial charge in [0, 0.05) is 60.6 Å². The Balaban J connectivity index is 1.08. The van der Waals surface area contributed by atoms with E-state index >= 15 is 0 Å². The Hall–Kier alpha value is -4.79. The first-order valence-corrected chi connectivity index (χ1v) is 14.7. The average Bonchev–Trinajstić information content (AvgIpc) is 3.64. The summed E-state index contributed by atoms with van der Waals surface area (Å²) in [6, 6.07) is 24.1. The number of aromatic nitrogens is 4. The lowest BCUT2D eigenvalue weighted by atomic mass is 9.93. The van der Waals surface area contributed by atoms with Crippen LogP contribution in [-0.2, 0) is 6.54 Å². The fraction of sp³-hybridized carbons (Fsp3) is 0.229. The molecule has 1 saturated heterocycles. The lowest BCUT2D eigenvalue weighted by Gasteiger charge is -2.35. The summed E-state index contributed by atoms with van der Waals surface area (Å²) >= 11 is 0. The fourth-order valence-corrected chi connectivity index (χ4v) is 5.84. The number of hydrogen-bond donors (Lipinski definition) is 3. The third-order valence-electron chi connectivity index (χ3n) is 8.58. The highest BCUT2D eigenvalue weighted by Gasteiger charge is 2.27. The molecule has 6 aromatic rings. The molecule has 0 bridgehead atoms. The number of aromatic amines is 1. The van der Waals surface area contributed by atoms with Crippen molar-refractivity contribution >= 4 is 33.5 Å². The molecule has 4 heterocycles. The molecule has 3 N–H and O–H groups in total. The predicted molar refractivity (Wildman–Crippen MR) is 171 cm³/mol. The van der Waals surface area contributed by atoms with Gasteiger partial charge in [-0.05, 0) is 66.3 Å². The largest absolute Gasteiger partial charge is 0.390 e. The van der Waals surface area contributed by atoms with Crippen molar-refractivity contribution in [1.82, 2.24) is 24.4 Å². The molecular weight excluding hydrogens is 536 g/mol. The minimum absolute atomic E-state index is 0.225. The van der Waals surface area contributed by atoms with Crippen LogP contribution in [0.15, 0.2) is 91.4 Å². The van der Waals surface area contributed by atoms with Gasteiger partial charge in [0.15, 0.2) is 5.82 Å². The molecule has 1 aliphatic heterocycles. The molecule has 0 aliphatic carbocycles. The van der Waals surface area contributed by atoms with E-state index in [9.17, 15) is 9.90 Å². The number of nitrogens with zero attached hydrogens (tertiary/aromatic N) is 4. The van der Waals surface area contributed by atoms with Gasteiger partial charge in [0.1, 0.15) is 5.65 Å². The maximum Gasteiger partial charge on any atom is 0.330 e. The van der Waals surface area contributed by atoms with Gasteiger partial charge >= 0.3 is 6.03 Å². The topological polar surface area (TPSA) is 99.1 Å². The summed E-state index contributed by atoms with van der Waals surface area (Å²) in [6.45, 7) is 6.61. The zero-order valence-corrected chi connectivity index (χ0v) is 24.3. The van der Waals surface area contributed by atoms with Gasteiger partial charge in [-0.25, -0.2) is 14.8 Å². The second-order valence-corrected chi connectivity index (χ2v) is 11.9. The van der Waals surface area contributed by atoms with E-state index in [1.54, 1.807) is 4.57 Å². The van der Waals surface area contributed by atoms with Crippen molar-refractivity contribution < 1.29 is 9.90 Å². The number of carbonyl (C=O) groups excluding carboxylic acids is 1. The third-order valence-corrected chi connectivity index (χ3v) is 8.58. The van der Waals surface area contributed by atoms with Crippen LogP contribution in [0.3, 0.4) is 0 Å². The summed E-state index contributed by atoms with van der Waals surface area (Å²) in [6.07, 6.45) is 7.13. The molecule has 8 nitrogen and oxygen atoms in total. The van der Waals surface area contributed by atoms with Gasteiger partial charge in [0.25, 0.3) is 0 Å². The Morgan fingerprint density at radius 2 is 1.70 bits per heavy atom. The summed E-state index contributed by atoms with van der Waals surface area (Å²) < 4.78 is 1.57. The Kier molecular flexibility index (Phi) is 6.80. The van der Waals surface area contributed by atoms with Crippen molar-refractivity contribution in [3.05, 3.63) is 103 Å². The first kappa shape index (κ1) is 27.1. The van der Waals surface area contributed by atoms with Crippen LogP contribution in [0.2, 0.25) is 0 Å². The van der Waals surface area contributed by atoms with E-state index in [-0.39, 0.29) is 6.03 Å². The first-order valence-electron chi connectivity index (χ1n) is 14.7. The van der Waals surface area contributed by atoms with Crippen LogP contribution in [0.25, 0.3) is 44.5 Å². The molecule has 8 heteroatoms. The van der Waals surface area contributed by atoms with Crippen molar-refractivity contribution in [2.75, 3.05) is 18.4 Å². The molecule has 0 radical (unpaired) electrons. The van der Waals surface area contributed by atoms with Gasteiger partial charge in [-0.2, -0.15) is 0 Å². The van der Waals surface area contributed by atoms with Crippen LogP contribution in [0.4, 0.5) is 10.5 Å². The summed E-state index contributed by atoms with van der Waals surface area (Å²) in [5.41, 5.74) is 6.03. The van der Waals surface area contributed by atoms with Crippen LogP contribution < -0.4 is 5.32 Å².